The van der Waals surface area contributed by atoms with Gasteiger partial charge in [0.2, 0.25) is 0 Å². The molecule has 0 spiro atoms. The van der Waals surface area contributed by atoms with E-state index in [0.717, 1.165) is 18.6 Å². The second-order valence-corrected chi connectivity index (χ2v) is 4.51. The summed E-state index contributed by atoms with van der Waals surface area (Å²) < 4.78 is 0. The summed E-state index contributed by atoms with van der Waals surface area (Å²) >= 11 is 0. The van der Waals surface area contributed by atoms with Crippen molar-refractivity contribution < 1.29 is 0 Å². The first-order valence-corrected chi connectivity index (χ1v) is 7.24. The van der Waals surface area contributed by atoms with Crippen molar-refractivity contribution in [2.75, 3.05) is 0 Å². The van der Waals surface area contributed by atoms with E-state index >= 15 is 0 Å². The second kappa shape index (κ2) is 11.1. The molecule has 0 bridgehead atoms. The highest BCUT2D eigenvalue weighted by Gasteiger charge is 2.17. The Morgan fingerprint density at radius 2 is 1.59 bits per heavy atom. The van der Waals surface area contributed by atoms with Gasteiger partial charge in [-0.25, -0.2) is 15.0 Å². The van der Waals surface area contributed by atoms with Crippen LogP contribution in [-0.2, 0) is 6.54 Å². The number of aromatic nitrogens is 2. The van der Waals surface area contributed by atoms with Crippen LogP contribution in [0.15, 0.2) is 21.2 Å². The summed E-state index contributed by atoms with van der Waals surface area (Å²) in [6.07, 6.45) is 2.80. The van der Waals surface area contributed by atoms with E-state index < -0.39 is 18.0 Å². The maximum Gasteiger partial charge on any atom is 0.177 e. The van der Waals surface area contributed by atoms with Crippen LogP contribution < -0.4 is 0 Å². The Labute approximate surface area is 164 Å². The van der Waals surface area contributed by atoms with Crippen LogP contribution in [0.2, 0.25) is 0 Å². The van der Waals surface area contributed by atoms with Gasteiger partial charge in [0.1, 0.15) is 60.2 Å². The number of nitrogens with one attached hydrogen (secondary N) is 1. The number of hydrogen-bond acceptors (Lipinski definition) is 12. The van der Waals surface area contributed by atoms with Crippen LogP contribution in [0.5, 0.6) is 0 Å². The second-order valence-electron chi connectivity index (χ2n) is 4.51. The third-order valence-corrected chi connectivity index (χ3v) is 2.85. The third kappa shape index (κ3) is 5.73. The van der Waals surface area contributed by atoms with Crippen molar-refractivity contribution in [2.45, 2.75) is 6.54 Å². The average molecular weight is 378 g/mol. The molecule has 1 rings (SSSR count). The first-order valence-electron chi connectivity index (χ1n) is 7.24. The average Bonchev–Trinajstić information content (AvgIpc) is 2.75. The number of hydrogen-bond donors (Lipinski definition) is 1. The van der Waals surface area contributed by atoms with Gasteiger partial charge in [-0.3, -0.25) is 15.4 Å². The zero-order valence-corrected chi connectivity index (χ0v) is 14.4. The highest BCUT2D eigenvalue weighted by molar-refractivity contribution is 6.52. The Morgan fingerprint density at radius 3 is 2.14 bits per heavy atom. The number of nitrogens with zero attached hydrogens (tertiary/aromatic N) is 11. The fourth-order valence-corrected chi connectivity index (χ4v) is 1.71. The third-order valence-electron chi connectivity index (χ3n) is 2.85. The van der Waals surface area contributed by atoms with E-state index in [2.05, 4.69) is 24.9 Å². The number of aliphatic imine (C=N–C) groups is 3. The smallest absolute Gasteiger partial charge is 0.177 e. The molecule has 0 radical (unpaired) electrons. The molecule has 1 aromatic heterocycles. The van der Waals surface area contributed by atoms with Crippen molar-refractivity contribution in [3.63, 3.8) is 0 Å². The predicted molar refractivity (Wildman–Crippen MR) is 97.7 cm³/mol. The van der Waals surface area contributed by atoms with Crippen LogP contribution >= 0.6 is 0 Å². The molecular formula is C17H6N12. The fourth-order valence-electron chi connectivity index (χ4n) is 1.71. The molecule has 0 fully saturated rings. The molecule has 0 aromatic carbocycles. The van der Waals surface area contributed by atoms with Crippen LogP contribution in [0, 0.1) is 73.4 Å². The molecule has 0 saturated carbocycles. The molecule has 0 unspecified atom stereocenters. The molecule has 0 amide bonds. The zero-order chi connectivity index (χ0) is 21.6. The van der Waals surface area contributed by atoms with Gasteiger partial charge in [0.05, 0.1) is 18.4 Å². The Bertz CT molecular complexity index is 1200. The largest absolute Gasteiger partial charge is 0.288 e. The molecule has 0 aliphatic heterocycles. The summed E-state index contributed by atoms with van der Waals surface area (Å²) in [5, 5.41) is 60.7. The van der Waals surface area contributed by atoms with Crippen LogP contribution in [-0.4, -0.2) is 33.8 Å². The lowest BCUT2D eigenvalue weighted by Crippen LogP contribution is -2.11. The van der Waals surface area contributed by atoms with E-state index in [1.165, 1.54) is 6.07 Å². The van der Waals surface area contributed by atoms with Gasteiger partial charge in [0.15, 0.2) is 22.8 Å². The molecular weight excluding hydrogens is 372 g/mol. The topological polar surface area (TPSA) is 229 Å². The number of nitriles is 6. The van der Waals surface area contributed by atoms with Crippen LogP contribution in [0.25, 0.3) is 5.70 Å². The summed E-state index contributed by atoms with van der Waals surface area (Å²) in [6, 6.07) is 9.77. The number of rotatable bonds is 6. The molecule has 1 heterocycles. The summed E-state index contributed by atoms with van der Waals surface area (Å²) in [4.78, 5) is 19.3. The lowest BCUT2D eigenvalue weighted by atomic mass is 10.2. The normalized spacial score (nSPS) is 11.0. The summed E-state index contributed by atoms with van der Waals surface area (Å²) in [5.41, 5.74) is -2.00. The molecule has 0 saturated heterocycles. The van der Waals surface area contributed by atoms with Gasteiger partial charge in [-0.2, -0.15) is 31.6 Å². The maximum atomic E-state index is 9.18. The quantitative estimate of drug-likeness (QED) is 0.690. The highest BCUT2D eigenvalue weighted by Crippen LogP contribution is 2.20. The van der Waals surface area contributed by atoms with Gasteiger partial charge in [-0.15, -0.1) is 0 Å². The lowest BCUT2D eigenvalue weighted by molar-refractivity contribution is 0.933. The monoisotopic (exact) mass is 378 g/mol. The summed E-state index contributed by atoms with van der Waals surface area (Å²) in [5.74, 6) is 0. The van der Waals surface area contributed by atoms with Crippen molar-refractivity contribution >= 4 is 29.5 Å². The molecule has 134 valence electrons. The first kappa shape index (κ1) is 21.5. The highest BCUT2D eigenvalue weighted by atomic mass is 14.9. The van der Waals surface area contributed by atoms with Gasteiger partial charge >= 0.3 is 0 Å². The van der Waals surface area contributed by atoms with E-state index in [4.69, 9.17) is 31.7 Å². The summed E-state index contributed by atoms with van der Waals surface area (Å²) in [6.45, 7) is -0.392. The molecule has 1 N–H and O–H groups in total. The van der Waals surface area contributed by atoms with Crippen molar-refractivity contribution in [1.29, 1.82) is 37.0 Å². The van der Waals surface area contributed by atoms with Gasteiger partial charge in [-0.05, 0) is 0 Å². The van der Waals surface area contributed by atoms with Crippen LogP contribution in [0.3, 0.4) is 0 Å². The van der Waals surface area contributed by atoms with E-state index in [-0.39, 0.29) is 28.5 Å². The molecule has 1 aromatic rings. The molecule has 12 nitrogen and oxygen atoms in total. The van der Waals surface area contributed by atoms with E-state index in [9.17, 15) is 5.26 Å². The molecule has 0 aliphatic carbocycles. The minimum absolute atomic E-state index is 0.0347. The van der Waals surface area contributed by atoms with Crippen molar-refractivity contribution in [1.82, 2.24) is 9.97 Å². The van der Waals surface area contributed by atoms with Crippen molar-refractivity contribution in [3.05, 3.63) is 29.0 Å². The Balaban J connectivity index is 3.74. The molecule has 12 heteroatoms. The van der Waals surface area contributed by atoms with Gasteiger partial charge in [-0.1, -0.05) is 0 Å². The van der Waals surface area contributed by atoms with E-state index in [1.807, 2.05) is 0 Å². The van der Waals surface area contributed by atoms with E-state index in [0.29, 0.717) is 0 Å². The molecule has 0 atom stereocenters. The molecule has 29 heavy (non-hydrogen) atoms. The Morgan fingerprint density at radius 1 is 0.931 bits per heavy atom. The minimum atomic E-state index is -0.673. The van der Waals surface area contributed by atoms with Crippen LogP contribution in [0.1, 0.15) is 22.8 Å². The maximum absolute atomic E-state index is 9.18. The van der Waals surface area contributed by atoms with Crippen molar-refractivity contribution in [2.24, 2.45) is 15.0 Å². The van der Waals surface area contributed by atoms with Gasteiger partial charge in [0, 0.05) is 0 Å². The van der Waals surface area contributed by atoms with Crippen LogP contribution in [0.4, 0.5) is 0 Å². The first-order chi connectivity index (χ1) is 14.1. The summed E-state index contributed by atoms with van der Waals surface area (Å²) in [7, 11) is 0. The van der Waals surface area contributed by atoms with Crippen molar-refractivity contribution in [3.8, 4) is 36.4 Å². The fraction of sp³-hybridized carbons (Fsp3) is 0.0588. The Kier molecular flexibility index (Phi) is 8.25. The van der Waals surface area contributed by atoms with Gasteiger partial charge < -0.3 is 0 Å². The molecule has 0 aliphatic rings. The lowest BCUT2D eigenvalue weighted by Gasteiger charge is -2.07. The van der Waals surface area contributed by atoms with Gasteiger partial charge in [0.25, 0.3) is 0 Å². The zero-order valence-electron chi connectivity index (χ0n) is 14.4. The standard InChI is InChI=1S/C17H6N12/c18-1-3-25-9-15(26-4-2-19)17-16(10-27-12(6-21)11(24)5-20)28-13(7-22)14(8-23)29-17/h3-4,9,24H,10H2/b15-9-,24-11?,25-3?,26-4?,27-12?. The Hall–Kier alpha value is -5.56. The predicted octanol–water partition coefficient (Wildman–Crippen LogP) is 0.715. The SMILES string of the molecule is N#CC=N/C=C(\N=CC#N)c1nc(C#N)c(C#N)nc1CN=C(C#N)C(=N)C#N. The minimum Gasteiger partial charge on any atom is -0.288 e. The van der Waals surface area contributed by atoms with E-state index in [1.54, 1.807) is 30.3 Å².